The maximum atomic E-state index is 11.8. The fourth-order valence-electron chi connectivity index (χ4n) is 1.32. The molecule has 0 spiro atoms. The van der Waals surface area contributed by atoms with Crippen molar-refractivity contribution < 1.29 is 17.9 Å². The largest absolute Gasteiger partial charge is 0.490 e. The predicted octanol–water partition coefficient (Wildman–Crippen LogP) is 0.587. The maximum absolute atomic E-state index is 11.8. The van der Waals surface area contributed by atoms with Crippen LogP contribution in [0.1, 0.15) is 13.8 Å². The number of nitrogens with two attached hydrogens (primary N) is 1. The monoisotopic (exact) mass is 300 g/mol. The highest BCUT2D eigenvalue weighted by Gasteiger charge is 2.38. The number of ether oxygens (including phenoxy) is 1. The number of anilines is 1. The van der Waals surface area contributed by atoms with Gasteiger partial charge in [-0.25, -0.2) is 8.42 Å². The van der Waals surface area contributed by atoms with Crippen LogP contribution < -0.4 is 15.8 Å². The molecule has 7 heteroatoms. The summed E-state index contributed by atoms with van der Waals surface area (Å²) in [5.74, 6) is -0.0197. The van der Waals surface area contributed by atoms with Gasteiger partial charge < -0.3 is 15.8 Å². The van der Waals surface area contributed by atoms with Gasteiger partial charge in [-0.3, -0.25) is 4.79 Å². The number of amides is 1. The first kappa shape index (κ1) is 16.3. The summed E-state index contributed by atoms with van der Waals surface area (Å²) < 4.78 is 26.9. The second-order valence-corrected chi connectivity index (χ2v) is 7.49. The molecular formula is C13H20N2O4S. The van der Waals surface area contributed by atoms with Gasteiger partial charge in [-0.15, -0.1) is 0 Å². The molecule has 112 valence electrons. The zero-order valence-electron chi connectivity index (χ0n) is 11.8. The molecule has 0 heterocycles. The van der Waals surface area contributed by atoms with E-state index < -0.39 is 20.5 Å². The van der Waals surface area contributed by atoms with E-state index in [-0.39, 0.29) is 13.2 Å². The summed E-state index contributed by atoms with van der Waals surface area (Å²) in [6.45, 7) is 3.15. The molecule has 0 fully saturated rings. The smallest absolute Gasteiger partial charge is 0.240 e. The molecule has 1 rings (SSSR count). The Morgan fingerprint density at radius 1 is 1.35 bits per heavy atom. The molecule has 1 aromatic carbocycles. The Bertz CT molecular complexity index is 582. The molecule has 6 nitrogen and oxygen atoms in total. The Balaban J connectivity index is 2.46. The van der Waals surface area contributed by atoms with E-state index in [4.69, 9.17) is 10.5 Å². The van der Waals surface area contributed by atoms with Crippen LogP contribution in [0.5, 0.6) is 5.75 Å². The number of sulfone groups is 1. The Morgan fingerprint density at radius 3 is 2.50 bits per heavy atom. The van der Waals surface area contributed by atoms with Gasteiger partial charge in [0.1, 0.15) is 17.1 Å². The van der Waals surface area contributed by atoms with Crippen LogP contribution in [0.3, 0.4) is 0 Å². The molecular weight excluding hydrogens is 280 g/mol. The van der Waals surface area contributed by atoms with Gasteiger partial charge in [-0.1, -0.05) is 12.1 Å². The quantitative estimate of drug-likeness (QED) is 0.592. The van der Waals surface area contributed by atoms with E-state index in [9.17, 15) is 13.2 Å². The zero-order chi connectivity index (χ0) is 15.4. The normalized spacial score (nSPS) is 11.9. The van der Waals surface area contributed by atoms with Crippen molar-refractivity contribution in [3.63, 3.8) is 0 Å². The highest BCUT2D eigenvalue weighted by molar-refractivity contribution is 7.92. The number of hydrogen-bond donors (Lipinski definition) is 2. The lowest BCUT2D eigenvalue weighted by atomic mass is 10.2. The van der Waals surface area contributed by atoms with Crippen LogP contribution in [0.2, 0.25) is 0 Å². The molecule has 0 aliphatic heterocycles. The topological polar surface area (TPSA) is 98.5 Å². The first-order valence-corrected chi connectivity index (χ1v) is 8.00. The van der Waals surface area contributed by atoms with Crippen molar-refractivity contribution in [2.75, 3.05) is 25.1 Å². The van der Waals surface area contributed by atoms with Gasteiger partial charge in [0.25, 0.3) is 0 Å². The van der Waals surface area contributed by atoms with Gasteiger partial charge in [0, 0.05) is 6.26 Å². The molecule has 0 bridgehead atoms. The molecule has 3 N–H and O–H groups in total. The Labute approximate surface area is 119 Å². The molecule has 0 aliphatic rings. The van der Waals surface area contributed by atoms with Crippen molar-refractivity contribution in [2.24, 2.45) is 0 Å². The van der Waals surface area contributed by atoms with E-state index in [1.54, 1.807) is 24.3 Å². The summed E-state index contributed by atoms with van der Waals surface area (Å²) in [6.07, 6.45) is 1.04. The van der Waals surface area contributed by atoms with Crippen LogP contribution in [-0.4, -0.2) is 38.5 Å². The number of benzene rings is 1. The molecule has 20 heavy (non-hydrogen) atoms. The van der Waals surface area contributed by atoms with E-state index in [1.165, 1.54) is 13.8 Å². The molecule has 0 saturated carbocycles. The van der Waals surface area contributed by atoms with Crippen LogP contribution in [0.25, 0.3) is 0 Å². The SMILES string of the molecule is CC(C)(C(=O)NCCOc1ccccc1N)S(C)(=O)=O. The zero-order valence-corrected chi connectivity index (χ0v) is 12.7. The first-order chi connectivity index (χ1) is 9.16. The summed E-state index contributed by atoms with van der Waals surface area (Å²) in [5, 5.41) is 2.54. The highest BCUT2D eigenvalue weighted by Crippen LogP contribution is 2.19. The van der Waals surface area contributed by atoms with Gasteiger partial charge >= 0.3 is 0 Å². The minimum absolute atomic E-state index is 0.201. The molecule has 1 aromatic rings. The maximum Gasteiger partial charge on any atom is 0.240 e. The molecule has 1 amide bonds. The van der Waals surface area contributed by atoms with Crippen LogP contribution in [0, 0.1) is 0 Å². The fraction of sp³-hybridized carbons (Fsp3) is 0.462. The van der Waals surface area contributed by atoms with Crippen molar-refractivity contribution in [3.05, 3.63) is 24.3 Å². The van der Waals surface area contributed by atoms with E-state index >= 15 is 0 Å². The molecule has 0 aliphatic carbocycles. The molecule has 0 unspecified atom stereocenters. The van der Waals surface area contributed by atoms with Crippen LogP contribution in [-0.2, 0) is 14.6 Å². The second kappa shape index (κ2) is 6.13. The minimum atomic E-state index is -3.47. The lowest BCUT2D eigenvalue weighted by molar-refractivity contribution is -0.122. The number of nitrogens with one attached hydrogen (secondary N) is 1. The van der Waals surface area contributed by atoms with Gasteiger partial charge in [-0.05, 0) is 26.0 Å². The molecule has 0 atom stereocenters. The summed E-state index contributed by atoms with van der Waals surface area (Å²) in [4.78, 5) is 11.8. The molecule has 0 aromatic heterocycles. The third kappa shape index (κ3) is 3.86. The lowest BCUT2D eigenvalue weighted by Gasteiger charge is -2.21. The van der Waals surface area contributed by atoms with Crippen LogP contribution >= 0.6 is 0 Å². The molecule has 0 saturated heterocycles. The number of para-hydroxylation sites is 2. The highest BCUT2D eigenvalue weighted by atomic mass is 32.2. The van der Waals surface area contributed by atoms with Crippen molar-refractivity contribution >= 4 is 21.4 Å². The van der Waals surface area contributed by atoms with E-state index in [0.717, 1.165) is 6.26 Å². The Morgan fingerprint density at radius 2 is 1.95 bits per heavy atom. The minimum Gasteiger partial charge on any atom is -0.490 e. The summed E-state index contributed by atoms with van der Waals surface area (Å²) in [5.41, 5.74) is 6.21. The van der Waals surface area contributed by atoms with Gasteiger partial charge in [-0.2, -0.15) is 0 Å². The number of nitrogen functional groups attached to an aromatic ring is 1. The van der Waals surface area contributed by atoms with Crippen molar-refractivity contribution in [1.29, 1.82) is 0 Å². The van der Waals surface area contributed by atoms with Gasteiger partial charge in [0.15, 0.2) is 9.84 Å². The number of hydrogen-bond acceptors (Lipinski definition) is 5. The van der Waals surface area contributed by atoms with E-state index in [2.05, 4.69) is 5.32 Å². The average molecular weight is 300 g/mol. The third-order valence-corrected chi connectivity index (χ3v) is 5.08. The van der Waals surface area contributed by atoms with Crippen LogP contribution in [0.15, 0.2) is 24.3 Å². The number of carbonyl (C=O) groups excluding carboxylic acids is 1. The van der Waals surface area contributed by atoms with E-state index in [1.807, 2.05) is 0 Å². The standard InChI is InChI=1S/C13H20N2O4S/c1-13(2,20(3,17)18)12(16)15-8-9-19-11-7-5-4-6-10(11)14/h4-7H,8-9,14H2,1-3H3,(H,15,16). The second-order valence-electron chi connectivity index (χ2n) is 4.92. The average Bonchev–Trinajstić information content (AvgIpc) is 2.34. The van der Waals surface area contributed by atoms with Crippen molar-refractivity contribution in [2.45, 2.75) is 18.6 Å². The fourth-order valence-corrected chi connectivity index (χ4v) is 1.73. The van der Waals surface area contributed by atoms with Gasteiger partial charge in [0.05, 0.1) is 12.2 Å². The Kier molecular flexibility index (Phi) is 4.99. The van der Waals surface area contributed by atoms with Crippen molar-refractivity contribution in [3.8, 4) is 5.75 Å². The van der Waals surface area contributed by atoms with Crippen LogP contribution in [0.4, 0.5) is 5.69 Å². The predicted molar refractivity (Wildman–Crippen MR) is 78.3 cm³/mol. The van der Waals surface area contributed by atoms with E-state index in [0.29, 0.717) is 11.4 Å². The Hall–Kier alpha value is -1.76. The molecule has 0 radical (unpaired) electrons. The third-order valence-electron chi connectivity index (χ3n) is 3.04. The van der Waals surface area contributed by atoms with Gasteiger partial charge in [0.2, 0.25) is 5.91 Å². The van der Waals surface area contributed by atoms with Crippen molar-refractivity contribution in [1.82, 2.24) is 5.32 Å². The summed E-state index contributed by atoms with van der Waals surface area (Å²) in [6, 6.07) is 7.01. The summed E-state index contributed by atoms with van der Waals surface area (Å²) in [7, 11) is -3.47. The lowest BCUT2D eigenvalue weighted by Crippen LogP contribution is -2.48. The number of rotatable bonds is 6. The first-order valence-electron chi connectivity index (χ1n) is 6.11. The summed E-state index contributed by atoms with van der Waals surface area (Å²) >= 11 is 0. The number of carbonyl (C=O) groups is 1.